The Morgan fingerprint density at radius 3 is 0.706 bits per heavy atom. The zero-order valence-electron chi connectivity index (χ0n) is 22.8. The van der Waals surface area contributed by atoms with Crippen molar-refractivity contribution in [1.82, 2.24) is 0 Å². The van der Waals surface area contributed by atoms with Crippen LogP contribution in [0.2, 0.25) is 0 Å². The molecule has 0 aromatic heterocycles. The fraction of sp³-hybridized carbons (Fsp3) is 1.00. The monoisotopic (exact) mass is 476 g/mol. The van der Waals surface area contributed by atoms with Gasteiger partial charge in [-0.15, -0.1) is 0 Å². The van der Waals surface area contributed by atoms with E-state index in [9.17, 15) is 0 Å². The fourth-order valence-corrected chi connectivity index (χ4v) is 8.40. The van der Waals surface area contributed by atoms with Crippen molar-refractivity contribution in [3.05, 3.63) is 0 Å². The molecule has 0 saturated heterocycles. The molecule has 0 unspecified atom stereocenters. The fourth-order valence-electron chi connectivity index (χ4n) is 8.40. The molecular formula is C30H60N4. The van der Waals surface area contributed by atoms with Crippen LogP contribution in [0.4, 0.5) is 0 Å². The van der Waals surface area contributed by atoms with Gasteiger partial charge in [0, 0.05) is 24.2 Å². The Morgan fingerprint density at radius 1 is 0.382 bits per heavy atom. The lowest BCUT2D eigenvalue weighted by molar-refractivity contribution is 0.129. The molecule has 4 heteroatoms. The lowest BCUT2D eigenvalue weighted by atomic mass is 9.67. The molecule has 4 rings (SSSR count). The Bertz CT molecular complexity index is 430. The quantitative estimate of drug-likeness (QED) is 0.372. The number of rotatable bonds is 6. The summed E-state index contributed by atoms with van der Waals surface area (Å²) in [6, 6.07) is 1.96. The van der Waals surface area contributed by atoms with Gasteiger partial charge in [0.15, 0.2) is 0 Å². The van der Waals surface area contributed by atoms with Crippen molar-refractivity contribution in [3.8, 4) is 0 Å². The van der Waals surface area contributed by atoms with E-state index in [1.165, 1.54) is 116 Å². The molecule has 4 nitrogen and oxygen atoms in total. The van der Waals surface area contributed by atoms with Crippen molar-refractivity contribution in [3.63, 3.8) is 0 Å². The first-order chi connectivity index (χ1) is 16.4. The average molecular weight is 477 g/mol. The van der Waals surface area contributed by atoms with Gasteiger partial charge >= 0.3 is 0 Å². The summed E-state index contributed by atoms with van der Waals surface area (Å²) in [5.41, 5.74) is 24.1. The molecule has 200 valence electrons. The summed E-state index contributed by atoms with van der Waals surface area (Å²) in [7, 11) is 0. The molecule has 8 N–H and O–H groups in total. The number of hydrogen-bond acceptors (Lipinski definition) is 4. The Morgan fingerprint density at radius 2 is 0.559 bits per heavy atom. The van der Waals surface area contributed by atoms with Crippen LogP contribution in [-0.4, -0.2) is 24.2 Å². The topological polar surface area (TPSA) is 104 Å². The van der Waals surface area contributed by atoms with Gasteiger partial charge in [0.05, 0.1) is 0 Å². The van der Waals surface area contributed by atoms with Gasteiger partial charge in [-0.1, -0.05) is 26.7 Å². The zero-order chi connectivity index (χ0) is 24.5. The largest absolute Gasteiger partial charge is 0.328 e. The molecule has 34 heavy (non-hydrogen) atoms. The zero-order valence-corrected chi connectivity index (χ0v) is 22.8. The van der Waals surface area contributed by atoms with Gasteiger partial charge in [-0.25, -0.2) is 0 Å². The van der Waals surface area contributed by atoms with Crippen LogP contribution in [0, 0.1) is 35.5 Å². The van der Waals surface area contributed by atoms with E-state index in [4.69, 9.17) is 22.9 Å². The molecular weight excluding hydrogens is 416 g/mol. The molecule has 0 atom stereocenters. The van der Waals surface area contributed by atoms with Crippen molar-refractivity contribution in [2.45, 2.75) is 154 Å². The van der Waals surface area contributed by atoms with Crippen molar-refractivity contribution < 1.29 is 0 Å². The minimum Gasteiger partial charge on any atom is -0.328 e. The Hall–Kier alpha value is -0.160. The molecule has 4 fully saturated rings. The molecule has 4 aliphatic rings. The lowest BCUT2D eigenvalue weighted by Gasteiger charge is -2.39. The van der Waals surface area contributed by atoms with Crippen molar-refractivity contribution >= 4 is 0 Å². The second kappa shape index (κ2) is 14.5. The molecule has 0 heterocycles. The molecule has 0 bridgehead atoms. The van der Waals surface area contributed by atoms with Crippen LogP contribution in [0.1, 0.15) is 129 Å². The van der Waals surface area contributed by atoms with Gasteiger partial charge in [-0.05, 0) is 138 Å². The van der Waals surface area contributed by atoms with E-state index in [0.29, 0.717) is 24.2 Å². The lowest BCUT2D eigenvalue weighted by Crippen LogP contribution is -2.35. The van der Waals surface area contributed by atoms with Crippen LogP contribution >= 0.6 is 0 Å². The summed E-state index contributed by atoms with van der Waals surface area (Å²) < 4.78 is 0. The van der Waals surface area contributed by atoms with E-state index in [1.54, 1.807) is 0 Å². The van der Waals surface area contributed by atoms with Gasteiger partial charge in [-0.3, -0.25) is 0 Å². The minimum absolute atomic E-state index is 0.489. The van der Waals surface area contributed by atoms with Crippen LogP contribution in [0.25, 0.3) is 0 Å². The van der Waals surface area contributed by atoms with E-state index in [0.717, 1.165) is 35.5 Å². The highest BCUT2D eigenvalue weighted by Gasteiger charge is 2.33. The van der Waals surface area contributed by atoms with Crippen molar-refractivity contribution in [1.29, 1.82) is 0 Å². The van der Waals surface area contributed by atoms with Gasteiger partial charge in [-0.2, -0.15) is 0 Å². The standard InChI is InChI=1S/2C15H30N2/c2*1-2-15(11-3-7-13(16)8-4-11)12-5-9-14(17)10-6-12/h2*11-15H,2-10,16-17H2,1H3. The summed E-state index contributed by atoms with van der Waals surface area (Å²) in [6.07, 6.45) is 23.8. The van der Waals surface area contributed by atoms with Crippen LogP contribution in [-0.2, 0) is 0 Å². The normalized spacial score (nSPS) is 41.1. The van der Waals surface area contributed by atoms with Crippen LogP contribution in [0.15, 0.2) is 0 Å². The first-order valence-electron chi connectivity index (χ1n) is 15.4. The molecule has 0 aliphatic heterocycles. The highest BCUT2D eigenvalue weighted by Crippen LogP contribution is 2.42. The maximum Gasteiger partial charge on any atom is 0.00390 e. The molecule has 0 aromatic rings. The second-order valence-corrected chi connectivity index (χ2v) is 12.8. The highest BCUT2D eigenvalue weighted by atomic mass is 14.7. The third-order valence-corrected chi connectivity index (χ3v) is 10.6. The van der Waals surface area contributed by atoms with Gasteiger partial charge < -0.3 is 22.9 Å². The first kappa shape index (κ1) is 28.4. The third kappa shape index (κ3) is 8.46. The van der Waals surface area contributed by atoms with Crippen molar-refractivity contribution in [2.24, 2.45) is 58.4 Å². The smallest absolute Gasteiger partial charge is 0.00390 e. The average Bonchev–Trinajstić information content (AvgIpc) is 2.85. The summed E-state index contributed by atoms with van der Waals surface area (Å²) in [4.78, 5) is 0. The van der Waals surface area contributed by atoms with Crippen LogP contribution < -0.4 is 22.9 Å². The first-order valence-corrected chi connectivity index (χ1v) is 15.4. The van der Waals surface area contributed by atoms with Gasteiger partial charge in [0.2, 0.25) is 0 Å². The van der Waals surface area contributed by atoms with E-state index in [1.807, 2.05) is 0 Å². The highest BCUT2D eigenvalue weighted by molar-refractivity contribution is 4.87. The summed E-state index contributed by atoms with van der Waals surface area (Å²) >= 11 is 0. The van der Waals surface area contributed by atoms with Crippen LogP contribution in [0.3, 0.4) is 0 Å². The predicted molar refractivity (Wildman–Crippen MR) is 147 cm³/mol. The Kier molecular flexibility index (Phi) is 12.2. The Balaban J connectivity index is 0.000000191. The summed E-state index contributed by atoms with van der Waals surface area (Å²) in [6.45, 7) is 4.77. The number of hydrogen-bond donors (Lipinski definition) is 4. The maximum atomic E-state index is 6.02. The molecule has 0 aromatic carbocycles. The van der Waals surface area contributed by atoms with E-state index in [-0.39, 0.29) is 0 Å². The third-order valence-electron chi connectivity index (χ3n) is 10.6. The van der Waals surface area contributed by atoms with E-state index in [2.05, 4.69) is 13.8 Å². The molecule has 0 radical (unpaired) electrons. The Labute approximate surface area is 212 Å². The molecule has 0 amide bonds. The number of nitrogens with two attached hydrogens (primary N) is 4. The van der Waals surface area contributed by atoms with Gasteiger partial charge in [0.25, 0.3) is 0 Å². The second-order valence-electron chi connectivity index (χ2n) is 12.8. The van der Waals surface area contributed by atoms with Crippen LogP contribution in [0.5, 0.6) is 0 Å². The molecule has 4 aliphatic carbocycles. The van der Waals surface area contributed by atoms with E-state index >= 15 is 0 Å². The summed E-state index contributed by atoms with van der Waals surface area (Å²) in [5.74, 6) is 5.74. The maximum absolute atomic E-state index is 6.02. The minimum atomic E-state index is 0.489. The SMILES string of the molecule is CCC(C1CCC(N)CC1)C1CCC(N)CC1.CCC(C1CCC(N)CC1)C1CCC(N)CC1. The van der Waals surface area contributed by atoms with E-state index < -0.39 is 0 Å². The summed E-state index contributed by atoms with van der Waals surface area (Å²) in [5, 5.41) is 0. The van der Waals surface area contributed by atoms with Gasteiger partial charge in [0.1, 0.15) is 0 Å². The van der Waals surface area contributed by atoms with Crippen molar-refractivity contribution in [2.75, 3.05) is 0 Å². The molecule has 4 saturated carbocycles. The predicted octanol–water partition coefficient (Wildman–Crippen LogP) is 6.10. The molecule has 0 spiro atoms.